The first-order valence-corrected chi connectivity index (χ1v) is 7.87. The van der Waals surface area contributed by atoms with Gasteiger partial charge in [0.15, 0.2) is 0 Å². The quantitative estimate of drug-likeness (QED) is 0.801. The van der Waals surface area contributed by atoms with Crippen LogP contribution in [-0.4, -0.2) is 22.4 Å². The second-order valence-corrected chi connectivity index (χ2v) is 5.55. The van der Waals surface area contributed by atoms with E-state index in [1.807, 2.05) is 13.8 Å². The van der Waals surface area contributed by atoms with E-state index in [0.717, 1.165) is 29.8 Å². The Balaban J connectivity index is 2.06. The third kappa shape index (κ3) is 4.31. The van der Waals surface area contributed by atoms with Gasteiger partial charge in [0, 0.05) is 17.8 Å². The molecule has 23 heavy (non-hydrogen) atoms. The number of carbonyl (C=O) groups excluding carboxylic acids is 1. The number of aromatic nitrogens is 2. The predicted molar refractivity (Wildman–Crippen MR) is 88.1 cm³/mol. The monoisotopic (exact) mass is 318 g/mol. The molecule has 0 aliphatic rings. The SMILES string of the molecule is CCCCNC(=O)N[C@@H](C)c1cnn(-c2ccc(F)cc2)c1C. The minimum absolute atomic E-state index is 0.161. The summed E-state index contributed by atoms with van der Waals surface area (Å²) in [5, 5.41) is 10.1. The number of halogens is 1. The Hall–Kier alpha value is -2.37. The van der Waals surface area contributed by atoms with Crippen LogP contribution in [0.15, 0.2) is 30.5 Å². The van der Waals surface area contributed by atoms with Crippen LogP contribution in [0.5, 0.6) is 0 Å². The van der Waals surface area contributed by atoms with E-state index in [4.69, 9.17) is 0 Å². The summed E-state index contributed by atoms with van der Waals surface area (Å²) in [4.78, 5) is 11.8. The van der Waals surface area contributed by atoms with Gasteiger partial charge in [-0.05, 0) is 44.5 Å². The van der Waals surface area contributed by atoms with E-state index in [1.54, 1.807) is 23.0 Å². The van der Waals surface area contributed by atoms with Gasteiger partial charge in [-0.25, -0.2) is 13.9 Å². The van der Waals surface area contributed by atoms with Crippen LogP contribution in [0.3, 0.4) is 0 Å². The van der Waals surface area contributed by atoms with E-state index in [-0.39, 0.29) is 17.9 Å². The number of benzene rings is 1. The highest BCUT2D eigenvalue weighted by molar-refractivity contribution is 5.74. The number of nitrogens with one attached hydrogen (secondary N) is 2. The fourth-order valence-corrected chi connectivity index (χ4v) is 2.39. The average Bonchev–Trinajstić information content (AvgIpc) is 2.90. The molecular formula is C17H23FN4O. The minimum Gasteiger partial charge on any atom is -0.338 e. The van der Waals surface area contributed by atoms with E-state index < -0.39 is 0 Å². The summed E-state index contributed by atoms with van der Waals surface area (Å²) in [6.07, 6.45) is 3.73. The number of rotatable bonds is 6. The first-order valence-electron chi connectivity index (χ1n) is 7.87. The lowest BCUT2D eigenvalue weighted by molar-refractivity contribution is 0.237. The molecule has 2 rings (SSSR count). The highest BCUT2D eigenvalue weighted by atomic mass is 19.1. The molecule has 2 amide bonds. The molecule has 2 N–H and O–H groups in total. The molecule has 0 spiro atoms. The molecule has 0 bridgehead atoms. The van der Waals surface area contributed by atoms with Crippen LogP contribution in [0.25, 0.3) is 5.69 Å². The molecule has 0 unspecified atom stereocenters. The number of amides is 2. The summed E-state index contributed by atoms with van der Waals surface area (Å²) in [7, 11) is 0. The minimum atomic E-state index is -0.280. The second-order valence-electron chi connectivity index (χ2n) is 5.55. The van der Waals surface area contributed by atoms with Crippen LogP contribution < -0.4 is 10.6 Å². The molecule has 2 aromatic rings. The topological polar surface area (TPSA) is 59.0 Å². The Bertz CT molecular complexity index is 651. The Morgan fingerprint density at radius 2 is 2.04 bits per heavy atom. The maximum absolute atomic E-state index is 13.0. The zero-order chi connectivity index (χ0) is 16.8. The molecule has 0 radical (unpaired) electrons. The van der Waals surface area contributed by atoms with E-state index in [2.05, 4.69) is 22.7 Å². The first kappa shape index (κ1) is 17.0. The molecule has 0 saturated carbocycles. The molecule has 6 heteroatoms. The Kier molecular flexibility index (Phi) is 5.73. The number of hydrogen-bond donors (Lipinski definition) is 2. The highest BCUT2D eigenvalue weighted by Gasteiger charge is 2.16. The van der Waals surface area contributed by atoms with Gasteiger partial charge in [-0.1, -0.05) is 13.3 Å². The first-order chi connectivity index (χ1) is 11.0. The zero-order valence-electron chi connectivity index (χ0n) is 13.8. The van der Waals surface area contributed by atoms with Crippen molar-refractivity contribution < 1.29 is 9.18 Å². The van der Waals surface area contributed by atoms with Crippen molar-refractivity contribution in [1.29, 1.82) is 0 Å². The summed E-state index contributed by atoms with van der Waals surface area (Å²) < 4.78 is 14.8. The smallest absolute Gasteiger partial charge is 0.315 e. The maximum atomic E-state index is 13.0. The van der Waals surface area contributed by atoms with E-state index >= 15 is 0 Å². The number of nitrogens with zero attached hydrogens (tertiary/aromatic N) is 2. The Morgan fingerprint density at radius 3 is 2.70 bits per heavy atom. The fraction of sp³-hybridized carbons (Fsp3) is 0.412. The second kappa shape index (κ2) is 7.76. The molecule has 1 heterocycles. The van der Waals surface area contributed by atoms with Crippen molar-refractivity contribution in [3.05, 3.63) is 47.5 Å². The molecule has 5 nitrogen and oxygen atoms in total. The van der Waals surface area contributed by atoms with Crippen LogP contribution in [-0.2, 0) is 0 Å². The predicted octanol–water partition coefficient (Wildman–Crippen LogP) is 3.48. The van der Waals surface area contributed by atoms with Crippen molar-refractivity contribution >= 4 is 6.03 Å². The molecule has 124 valence electrons. The van der Waals surface area contributed by atoms with Crippen molar-refractivity contribution in [2.24, 2.45) is 0 Å². The molecule has 0 fully saturated rings. The van der Waals surface area contributed by atoms with Gasteiger partial charge >= 0.3 is 6.03 Å². The van der Waals surface area contributed by atoms with Crippen LogP contribution in [0.2, 0.25) is 0 Å². The van der Waals surface area contributed by atoms with Crippen molar-refractivity contribution in [2.45, 2.75) is 39.7 Å². The standard InChI is InChI=1S/C17H23FN4O/c1-4-5-10-19-17(23)21-12(2)16-11-20-22(13(16)3)15-8-6-14(18)7-9-15/h6-9,11-12H,4-5,10H2,1-3H3,(H2,19,21,23)/t12-/m0/s1. The van der Waals surface area contributed by atoms with E-state index in [9.17, 15) is 9.18 Å². The van der Waals surface area contributed by atoms with Gasteiger partial charge in [-0.3, -0.25) is 0 Å². The fourth-order valence-electron chi connectivity index (χ4n) is 2.39. The largest absolute Gasteiger partial charge is 0.338 e. The number of hydrogen-bond acceptors (Lipinski definition) is 2. The summed E-state index contributed by atoms with van der Waals surface area (Å²) >= 11 is 0. The number of urea groups is 1. The molecule has 0 saturated heterocycles. The van der Waals surface area contributed by atoms with Crippen LogP contribution in [0.1, 0.15) is 44.0 Å². The zero-order valence-corrected chi connectivity index (χ0v) is 13.8. The van der Waals surface area contributed by atoms with Crippen molar-refractivity contribution in [2.75, 3.05) is 6.54 Å². The van der Waals surface area contributed by atoms with Gasteiger partial charge in [-0.2, -0.15) is 5.10 Å². The normalized spacial score (nSPS) is 12.0. The van der Waals surface area contributed by atoms with Gasteiger partial charge < -0.3 is 10.6 Å². The summed E-state index contributed by atoms with van der Waals surface area (Å²) in [6.45, 7) is 6.59. The average molecular weight is 318 g/mol. The van der Waals surface area contributed by atoms with Gasteiger partial charge in [0.25, 0.3) is 0 Å². The Morgan fingerprint density at radius 1 is 1.35 bits per heavy atom. The summed E-state index contributed by atoms with van der Waals surface area (Å²) in [6, 6.07) is 5.81. The lowest BCUT2D eigenvalue weighted by Gasteiger charge is -2.15. The lowest BCUT2D eigenvalue weighted by atomic mass is 10.1. The van der Waals surface area contributed by atoms with Crippen molar-refractivity contribution in [1.82, 2.24) is 20.4 Å². The van der Waals surface area contributed by atoms with Gasteiger partial charge in [-0.15, -0.1) is 0 Å². The third-order valence-corrected chi connectivity index (χ3v) is 3.75. The molecule has 0 aliphatic heterocycles. The molecular weight excluding hydrogens is 295 g/mol. The van der Waals surface area contributed by atoms with E-state index in [0.29, 0.717) is 6.54 Å². The van der Waals surface area contributed by atoms with Gasteiger partial charge in [0.2, 0.25) is 0 Å². The molecule has 1 aromatic heterocycles. The molecule has 1 atom stereocenters. The lowest BCUT2D eigenvalue weighted by Crippen LogP contribution is -2.37. The van der Waals surface area contributed by atoms with E-state index in [1.165, 1.54) is 12.1 Å². The van der Waals surface area contributed by atoms with Crippen LogP contribution in [0.4, 0.5) is 9.18 Å². The van der Waals surface area contributed by atoms with Crippen molar-refractivity contribution in [3.8, 4) is 5.69 Å². The van der Waals surface area contributed by atoms with Gasteiger partial charge in [0.05, 0.1) is 17.9 Å². The van der Waals surface area contributed by atoms with Crippen LogP contribution in [0, 0.1) is 12.7 Å². The third-order valence-electron chi connectivity index (χ3n) is 3.75. The molecule has 0 aliphatic carbocycles. The summed E-state index contributed by atoms with van der Waals surface area (Å²) in [5.74, 6) is -0.280. The number of carbonyl (C=O) groups is 1. The number of unbranched alkanes of at least 4 members (excludes halogenated alkanes) is 1. The highest BCUT2D eigenvalue weighted by Crippen LogP contribution is 2.20. The molecule has 1 aromatic carbocycles. The van der Waals surface area contributed by atoms with Crippen molar-refractivity contribution in [3.63, 3.8) is 0 Å². The Labute approximate surface area is 135 Å². The van der Waals surface area contributed by atoms with Gasteiger partial charge in [0.1, 0.15) is 5.82 Å². The maximum Gasteiger partial charge on any atom is 0.315 e. The van der Waals surface area contributed by atoms with Crippen LogP contribution >= 0.6 is 0 Å². The summed E-state index contributed by atoms with van der Waals surface area (Å²) in [5.41, 5.74) is 2.63.